The normalized spacial score (nSPS) is 12.0. The van der Waals surface area contributed by atoms with Crippen LogP contribution in [-0.2, 0) is 6.54 Å². The van der Waals surface area contributed by atoms with Crippen molar-refractivity contribution in [2.24, 2.45) is 0 Å². The van der Waals surface area contributed by atoms with Crippen molar-refractivity contribution in [2.75, 3.05) is 21.3 Å². The molecule has 6 nitrogen and oxygen atoms in total. The van der Waals surface area contributed by atoms with Crippen molar-refractivity contribution in [3.05, 3.63) is 52.3 Å². The average Bonchev–Trinajstić information content (AvgIpc) is 2.54. The van der Waals surface area contributed by atoms with E-state index in [1.807, 2.05) is 31.3 Å². The average molecular weight is 289 g/mol. The van der Waals surface area contributed by atoms with Crippen LogP contribution in [0, 0.1) is 0 Å². The molecule has 0 fully saturated rings. The summed E-state index contributed by atoms with van der Waals surface area (Å²) in [5, 5.41) is 7.34. The minimum absolute atomic E-state index is 0.0341. The lowest BCUT2D eigenvalue weighted by molar-refractivity contribution is 0.364. The maximum atomic E-state index is 11.9. The molecule has 1 heterocycles. The molecule has 21 heavy (non-hydrogen) atoms. The molecule has 0 spiro atoms. The fourth-order valence-corrected chi connectivity index (χ4v) is 2.04. The maximum Gasteiger partial charge on any atom is 0.267 e. The van der Waals surface area contributed by atoms with Crippen LogP contribution in [0.4, 0.5) is 0 Å². The zero-order valence-electron chi connectivity index (χ0n) is 12.4. The van der Waals surface area contributed by atoms with Crippen LogP contribution in [0.5, 0.6) is 11.6 Å². The number of aromatic nitrogens is 2. The van der Waals surface area contributed by atoms with Gasteiger partial charge < -0.3 is 14.8 Å². The molecule has 2 aromatic rings. The van der Waals surface area contributed by atoms with E-state index in [4.69, 9.17) is 9.47 Å². The number of hydrogen-bond acceptors (Lipinski definition) is 5. The van der Waals surface area contributed by atoms with Gasteiger partial charge in [0.05, 0.1) is 26.8 Å². The Labute approximate surface area is 123 Å². The molecule has 112 valence electrons. The lowest BCUT2D eigenvalue weighted by atomic mass is 10.1. The molecule has 1 atom stereocenters. The van der Waals surface area contributed by atoms with Crippen LogP contribution in [-0.4, -0.2) is 31.0 Å². The zero-order valence-corrected chi connectivity index (χ0v) is 12.4. The van der Waals surface area contributed by atoms with Gasteiger partial charge in [0.15, 0.2) is 0 Å². The van der Waals surface area contributed by atoms with Crippen molar-refractivity contribution in [1.29, 1.82) is 0 Å². The Morgan fingerprint density at radius 1 is 1.14 bits per heavy atom. The highest BCUT2D eigenvalue weighted by Crippen LogP contribution is 2.18. The third kappa shape index (κ3) is 3.61. The third-order valence-corrected chi connectivity index (χ3v) is 3.27. The Morgan fingerprint density at radius 2 is 1.86 bits per heavy atom. The molecule has 0 bridgehead atoms. The van der Waals surface area contributed by atoms with E-state index < -0.39 is 0 Å². The second kappa shape index (κ2) is 6.90. The monoisotopic (exact) mass is 289 g/mol. The summed E-state index contributed by atoms with van der Waals surface area (Å²) in [4.78, 5) is 11.9. The first-order chi connectivity index (χ1) is 10.2. The molecule has 0 aliphatic carbocycles. The third-order valence-electron chi connectivity index (χ3n) is 3.27. The lowest BCUT2D eigenvalue weighted by Crippen LogP contribution is -2.30. The van der Waals surface area contributed by atoms with Crippen molar-refractivity contribution in [3.8, 4) is 11.6 Å². The Balaban J connectivity index is 2.24. The van der Waals surface area contributed by atoms with E-state index in [1.165, 1.54) is 17.9 Å². The van der Waals surface area contributed by atoms with Crippen molar-refractivity contribution in [3.63, 3.8) is 0 Å². The van der Waals surface area contributed by atoms with E-state index in [2.05, 4.69) is 10.4 Å². The highest BCUT2D eigenvalue weighted by atomic mass is 16.5. The molecule has 1 aromatic heterocycles. The number of nitrogens with zero attached hydrogens (tertiary/aromatic N) is 2. The van der Waals surface area contributed by atoms with Crippen LogP contribution in [0.2, 0.25) is 0 Å². The summed E-state index contributed by atoms with van der Waals surface area (Å²) in [5.74, 6) is 1.21. The second-order valence-electron chi connectivity index (χ2n) is 4.51. The van der Waals surface area contributed by atoms with Gasteiger partial charge >= 0.3 is 0 Å². The molecule has 2 rings (SSSR count). The Bertz CT molecular complexity index is 637. The molecule has 1 N–H and O–H groups in total. The van der Waals surface area contributed by atoms with Gasteiger partial charge in [-0.3, -0.25) is 4.79 Å². The summed E-state index contributed by atoms with van der Waals surface area (Å²) in [6.07, 6.45) is 0. The van der Waals surface area contributed by atoms with E-state index >= 15 is 0 Å². The van der Waals surface area contributed by atoms with Gasteiger partial charge in [-0.25, -0.2) is 4.68 Å². The van der Waals surface area contributed by atoms with Gasteiger partial charge in [0.25, 0.3) is 5.56 Å². The standard InChI is InChI=1S/C15H19N3O3/c1-16-13(11-4-6-12(20-2)7-5-11)10-18-15(19)9-8-14(17-18)21-3/h4-9,13,16H,10H2,1-3H3. The lowest BCUT2D eigenvalue weighted by Gasteiger charge is -2.17. The molecule has 0 aliphatic heterocycles. The van der Waals surface area contributed by atoms with Gasteiger partial charge in [-0.15, -0.1) is 5.10 Å². The fraction of sp³-hybridized carbons (Fsp3) is 0.333. The van der Waals surface area contributed by atoms with Crippen LogP contribution >= 0.6 is 0 Å². The number of hydrogen-bond donors (Lipinski definition) is 1. The van der Waals surface area contributed by atoms with Crippen molar-refractivity contribution >= 4 is 0 Å². The molecule has 6 heteroatoms. The van der Waals surface area contributed by atoms with Crippen LogP contribution in [0.3, 0.4) is 0 Å². The summed E-state index contributed by atoms with van der Waals surface area (Å²) in [6, 6.07) is 10.7. The molecule has 1 unspecified atom stereocenters. The van der Waals surface area contributed by atoms with Crippen molar-refractivity contribution < 1.29 is 9.47 Å². The highest BCUT2D eigenvalue weighted by molar-refractivity contribution is 5.29. The summed E-state index contributed by atoms with van der Waals surface area (Å²) >= 11 is 0. The molecule has 1 aromatic carbocycles. The summed E-state index contributed by atoms with van der Waals surface area (Å²) in [5.41, 5.74) is 0.888. The maximum absolute atomic E-state index is 11.9. The van der Waals surface area contributed by atoms with E-state index in [-0.39, 0.29) is 11.6 Å². The largest absolute Gasteiger partial charge is 0.497 e. The predicted octanol–water partition coefficient (Wildman–Crippen LogP) is 1.22. The van der Waals surface area contributed by atoms with Crippen molar-refractivity contribution in [1.82, 2.24) is 15.1 Å². The SMILES string of the molecule is CNC(Cn1nc(OC)ccc1=O)c1ccc(OC)cc1. The molecule has 0 radical (unpaired) electrons. The highest BCUT2D eigenvalue weighted by Gasteiger charge is 2.12. The summed E-state index contributed by atoms with van der Waals surface area (Å²) in [6.45, 7) is 0.416. The van der Waals surface area contributed by atoms with Gasteiger partial charge in [-0.05, 0) is 24.7 Å². The Hall–Kier alpha value is -2.34. The van der Waals surface area contributed by atoms with Crippen molar-refractivity contribution in [2.45, 2.75) is 12.6 Å². The molecule has 0 amide bonds. The first-order valence-electron chi connectivity index (χ1n) is 6.61. The number of likely N-dealkylation sites (N-methyl/N-ethyl adjacent to an activating group) is 1. The van der Waals surface area contributed by atoms with E-state index in [1.54, 1.807) is 13.2 Å². The molecular weight excluding hydrogens is 270 g/mol. The van der Waals surface area contributed by atoms with Gasteiger partial charge in [0.2, 0.25) is 5.88 Å². The van der Waals surface area contributed by atoms with Gasteiger partial charge in [0, 0.05) is 12.1 Å². The quantitative estimate of drug-likeness (QED) is 0.866. The first-order valence-corrected chi connectivity index (χ1v) is 6.61. The van der Waals surface area contributed by atoms with E-state index in [9.17, 15) is 4.79 Å². The van der Waals surface area contributed by atoms with E-state index in [0.29, 0.717) is 12.4 Å². The second-order valence-corrected chi connectivity index (χ2v) is 4.51. The summed E-state index contributed by atoms with van der Waals surface area (Å²) < 4.78 is 11.6. The minimum atomic E-state index is -0.162. The number of rotatable bonds is 6. The van der Waals surface area contributed by atoms with Crippen LogP contribution in [0.15, 0.2) is 41.2 Å². The fourth-order valence-electron chi connectivity index (χ4n) is 2.04. The van der Waals surface area contributed by atoms with Gasteiger partial charge in [-0.2, -0.15) is 0 Å². The molecular formula is C15H19N3O3. The Kier molecular flexibility index (Phi) is 4.94. The number of ether oxygens (including phenoxy) is 2. The first kappa shape index (κ1) is 15.1. The number of methoxy groups -OCH3 is 2. The number of benzene rings is 1. The van der Waals surface area contributed by atoms with Crippen LogP contribution in [0.1, 0.15) is 11.6 Å². The Morgan fingerprint density at radius 3 is 2.43 bits per heavy atom. The van der Waals surface area contributed by atoms with Crippen LogP contribution < -0.4 is 20.3 Å². The molecule has 0 aliphatic rings. The van der Waals surface area contributed by atoms with Gasteiger partial charge in [0.1, 0.15) is 5.75 Å². The summed E-state index contributed by atoms with van der Waals surface area (Å²) in [7, 11) is 5.00. The van der Waals surface area contributed by atoms with Gasteiger partial charge in [-0.1, -0.05) is 12.1 Å². The molecule has 0 saturated heterocycles. The molecule has 0 saturated carbocycles. The minimum Gasteiger partial charge on any atom is -0.497 e. The van der Waals surface area contributed by atoms with E-state index in [0.717, 1.165) is 11.3 Å². The number of nitrogens with one attached hydrogen (secondary N) is 1. The zero-order chi connectivity index (χ0) is 15.2. The predicted molar refractivity (Wildman–Crippen MR) is 79.8 cm³/mol. The van der Waals surface area contributed by atoms with Crippen LogP contribution in [0.25, 0.3) is 0 Å². The smallest absolute Gasteiger partial charge is 0.267 e. The topological polar surface area (TPSA) is 65.4 Å².